The quantitative estimate of drug-likeness (QED) is 0.865. The Labute approximate surface area is 112 Å². The summed E-state index contributed by atoms with van der Waals surface area (Å²) in [5.74, 6) is -0.406. The molecule has 1 heterocycles. The first kappa shape index (κ1) is 13.5. The van der Waals surface area contributed by atoms with Crippen LogP contribution in [0.15, 0.2) is 24.3 Å². The van der Waals surface area contributed by atoms with Crippen LogP contribution in [0, 0.1) is 0 Å². The summed E-state index contributed by atoms with van der Waals surface area (Å²) in [5, 5.41) is 2.75. The number of rotatable bonds is 3. The molecule has 2 amide bonds. The van der Waals surface area contributed by atoms with E-state index in [0.29, 0.717) is 17.8 Å². The Morgan fingerprint density at radius 1 is 1.47 bits per heavy atom. The first-order valence-electron chi connectivity index (χ1n) is 6.45. The third-order valence-electron chi connectivity index (χ3n) is 3.27. The van der Waals surface area contributed by atoms with Crippen LogP contribution in [0.25, 0.3) is 0 Å². The number of carbonyl (C=O) groups excluding carboxylic acids is 2. The van der Waals surface area contributed by atoms with E-state index in [1.54, 1.807) is 13.0 Å². The van der Waals surface area contributed by atoms with Crippen molar-refractivity contribution in [1.29, 1.82) is 0 Å². The molecular weight excluding hydrogens is 242 g/mol. The molecule has 1 aromatic rings. The van der Waals surface area contributed by atoms with E-state index in [1.807, 2.05) is 25.1 Å². The standard InChI is InChI=1S/C14H19N3O2/c1-3-8-14(2,15)13(19)17-9-12(18)16-10-6-4-5-7-11(10)17/h4-7H,3,8-9,15H2,1-2H3,(H,16,18). The molecule has 0 aliphatic carbocycles. The Hall–Kier alpha value is -1.88. The SMILES string of the molecule is CCCC(C)(N)C(=O)N1CC(=O)Nc2ccccc21. The van der Waals surface area contributed by atoms with Crippen LogP contribution in [-0.4, -0.2) is 23.9 Å². The number of hydrogen-bond donors (Lipinski definition) is 2. The van der Waals surface area contributed by atoms with Crippen molar-refractivity contribution in [2.75, 3.05) is 16.8 Å². The number of nitrogens with one attached hydrogen (secondary N) is 1. The zero-order chi connectivity index (χ0) is 14.0. The predicted octanol–water partition coefficient (Wildman–Crippen LogP) is 1.49. The van der Waals surface area contributed by atoms with E-state index in [-0.39, 0.29) is 18.4 Å². The molecule has 1 aliphatic rings. The van der Waals surface area contributed by atoms with Crippen LogP contribution in [0.3, 0.4) is 0 Å². The van der Waals surface area contributed by atoms with Crippen molar-refractivity contribution in [2.45, 2.75) is 32.2 Å². The van der Waals surface area contributed by atoms with Crippen molar-refractivity contribution in [1.82, 2.24) is 0 Å². The van der Waals surface area contributed by atoms with Crippen molar-refractivity contribution < 1.29 is 9.59 Å². The smallest absolute Gasteiger partial charge is 0.247 e. The first-order valence-corrected chi connectivity index (χ1v) is 6.45. The van der Waals surface area contributed by atoms with Gasteiger partial charge in [-0.15, -0.1) is 0 Å². The molecule has 5 heteroatoms. The van der Waals surface area contributed by atoms with Gasteiger partial charge in [0.25, 0.3) is 0 Å². The lowest BCUT2D eigenvalue weighted by Gasteiger charge is -2.34. The van der Waals surface area contributed by atoms with Gasteiger partial charge in [0.15, 0.2) is 0 Å². The van der Waals surface area contributed by atoms with Crippen molar-refractivity contribution >= 4 is 23.2 Å². The summed E-state index contributed by atoms with van der Waals surface area (Å²) < 4.78 is 0. The maximum absolute atomic E-state index is 12.5. The summed E-state index contributed by atoms with van der Waals surface area (Å²) in [5.41, 5.74) is 6.50. The fourth-order valence-electron chi connectivity index (χ4n) is 2.35. The van der Waals surface area contributed by atoms with Crippen molar-refractivity contribution in [2.24, 2.45) is 5.73 Å². The molecule has 2 rings (SSSR count). The van der Waals surface area contributed by atoms with E-state index in [1.165, 1.54) is 4.90 Å². The monoisotopic (exact) mass is 261 g/mol. The second-order valence-electron chi connectivity index (χ2n) is 5.12. The molecule has 1 aliphatic heterocycles. The van der Waals surface area contributed by atoms with E-state index in [2.05, 4.69) is 5.32 Å². The van der Waals surface area contributed by atoms with E-state index in [9.17, 15) is 9.59 Å². The van der Waals surface area contributed by atoms with Crippen molar-refractivity contribution in [3.05, 3.63) is 24.3 Å². The fraction of sp³-hybridized carbons (Fsp3) is 0.429. The number of fused-ring (bicyclic) bond motifs is 1. The molecule has 1 aromatic carbocycles. The molecule has 0 bridgehead atoms. The number of hydrogen-bond acceptors (Lipinski definition) is 3. The van der Waals surface area contributed by atoms with Gasteiger partial charge in [0.05, 0.1) is 16.9 Å². The molecule has 0 saturated heterocycles. The van der Waals surface area contributed by atoms with Gasteiger partial charge in [-0.1, -0.05) is 25.5 Å². The summed E-state index contributed by atoms with van der Waals surface area (Å²) >= 11 is 0. The van der Waals surface area contributed by atoms with Gasteiger partial charge < -0.3 is 11.1 Å². The summed E-state index contributed by atoms with van der Waals surface area (Å²) in [6.07, 6.45) is 1.41. The van der Waals surface area contributed by atoms with Gasteiger partial charge in [-0.2, -0.15) is 0 Å². The van der Waals surface area contributed by atoms with E-state index < -0.39 is 5.54 Å². The normalized spacial score (nSPS) is 17.4. The molecule has 1 unspecified atom stereocenters. The largest absolute Gasteiger partial charge is 0.323 e. The second-order valence-corrected chi connectivity index (χ2v) is 5.12. The van der Waals surface area contributed by atoms with Crippen LogP contribution in [0.2, 0.25) is 0 Å². The van der Waals surface area contributed by atoms with Gasteiger partial charge in [0.1, 0.15) is 6.54 Å². The molecule has 19 heavy (non-hydrogen) atoms. The fourth-order valence-corrected chi connectivity index (χ4v) is 2.35. The summed E-state index contributed by atoms with van der Waals surface area (Å²) in [6.45, 7) is 3.72. The van der Waals surface area contributed by atoms with Crippen LogP contribution >= 0.6 is 0 Å². The van der Waals surface area contributed by atoms with Crippen LogP contribution in [0.1, 0.15) is 26.7 Å². The molecular formula is C14H19N3O2. The molecule has 0 spiro atoms. The first-order chi connectivity index (χ1) is 8.95. The van der Waals surface area contributed by atoms with Gasteiger partial charge in [0, 0.05) is 0 Å². The molecule has 5 nitrogen and oxygen atoms in total. The van der Waals surface area contributed by atoms with E-state index >= 15 is 0 Å². The number of nitrogens with two attached hydrogens (primary N) is 1. The van der Waals surface area contributed by atoms with Crippen molar-refractivity contribution in [3.8, 4) is 0 Å². The Morgan fingerprint density at radius 3 is 2.84 bits per heavy atom. The molecule has 0 fully saturated rings. The summed E-state index contributed by atoms with van der Waals surface area (Å²) in [4.78, 5) is 25.7. The highest BCUT2D eigenvalue weighted by Gasteiger charge is 2.36. The highest BCUT2D eigenvalue weighted by Crippen LogP contribution is 2.30. The Kier molecular flexibility index (Phi) is 3.57. The lowest BCUT2D eigenvalue weighted by molar-refractivity contribution is -0.125. The molecule has 0 saturated carbocycles. The third-order valence-corrected chi connectivity index (χ3v) is 3.27. The maximum atomic E-state index is 12.5. The van der Waals surface area contributed by atoms with Crippen LogP contribution in [0.5, 0.6) is 0 Å². The minimum atomic E-state index is -0.945. The Bertz CT molecular complexity index is 511. The average Bonchev–Trinajstić information content (AvgIpc) is 2.36. The second kappa shape index (κ2) is 5.01. The molecule has 0 aromatic heterocycles. The third kappa shape index (κ3) is 2.61. The highest BCUT2D eigenvalue weighted by molar-refractivity contribution is 6.12. The van der Waals surface area contributed by atoms with Gasteiger partial charge >= 0.3 is 0 Å². The topological polar surface area (TPSA) is 75.4 Å². The van der Waals surface area contributed by atoms with Gasteiger partial charge in [-0.05, 0) is 25.5 Å². The number of carbonyl (C=O) groups is 2. The maximum Gasteiger partial charge on any atom is 0.247 e. The Morgan fingerprint density at radius 2 is 2.16 bits per heavy atom. The molecule has 3 N–H and O–H groups in total. The highest BCUT2D eigenvalue weighted by atomic mass is 16.2. The number of benzene rings is 1. The molecule has 102 valence electrons. The van der Waals surface area contributed by atoms with E-state index in [0.717, 1.165) is 6.42 Å². The minimum Gasteiger partial charge on any atom is -0.323 e. The van der Waals surface area contributed by atoms with Gasteiger partial charge in [-0.3, -0.25) is 14.5 Å². The van der Waals surface area contributed by atoms with Crippen LogP contribution < -0.4 is 16.0 Å². The number of para-hydroxylation sites is 2. The lowest BCUT2D eigenvalue weighted by Crippen LogP contribution is -2.56. The Balaban J connectivity index is 2.35. The van der Waals surface area contributed by atoms with Crippen molar-refractivity contribution in [3.63, 3.8) is 0 Å². The zero-order valence-corrected chi connectivity index (χ0v) is 11.3. The number of amides is 2. The average molecular weight is 261 g/mol. The van der Waals surface area contributed by atoms with Crippen LogP contribution in [-0.2, 0) is 9.59 Å². The van der Waals surface area contributed by atoms with Gasteiger partial charge in [-0.25, -0.2) is 0 Å². The summed E-state index contributed by atoms with van der Waals surface area (Å²) in [6, 6.07) is 7.25. The van der Waals surface area contributed by atoms with Gasteiger partial charge in [0.2, 0.25) is 11.8 Å². The van der Waals surface area contributed by atoms with Crippen LogP contribution in [0.4, 0.5) is 11.4 Å². The minimum absolute atomic E-state index is 0.0202. The summed E-state index contributed by atoms with van der Waals surface area (Å²) in [7, 11) is 0. The van der Waals surface area contributed by atoms with E-state index in [4.69, 9.17) is 5.73 Å². The predicted molar refractivity (Wildman–Crippen MR) is 74.9 cm³/mol. The zero-order valence-electron chi connectivity index (χ0n) is 11.3. The number of nitrogens with zero attached hydrogens (tertiary/aromatic N) is 1. The lowest BCUT2D eigenvalue weighted by atomic mass is 9.95. The molecule has 1 atom stereocenters. The number of anilines is 2. The molecule has 0 radical (unpaired) electrons.